The van der Waals surface area contributed by atoms with Gasteiger partial charge >= 0.3 is 0 Å². The first-order valence-electron chi connectivity index (χ1n) is 8.90. The van der Waals surface area contributed by atoms with Crippen molar-refractivity contribution in [2.24, 2.45) is 4.99 Å². The molecule has 0 aliphatic rings. The maximum absolute atomic E-state index is 13.8. The third-order valence-corrected chi connectivity index (χ3v) is 6.26. The molecule has 160 valence electrons. The first-order valence-corrected chi connectivity index (χ1v) is 10.3. The Labute approximate surface area is 189 Å². The lowest BCUT2D eigenvalue weighted by molar-refractivity contribution is 0.520. The van der Waals surface area contributed by atoms with Gasteiger partial charge in [-0.1, -0.05) is 24.3 Å². The lowest BCUT2D eigenvalue weighted by Crippen LogP contribution is -2.38. The summed E-state index contributed by atoms with van der Waals surface area (Å²) in [4.78, 5) is 4.44. The van der Waals surface area contributed by atoms with Crippen LogP contribution in [0.2, 0.25) is 0 Å². The molecule has 0 aromatic heterocycles. The highest BCUT2D eigenvalue weighted by molar-refractivity contribution is 14.0. The minimum absolute atomic E-state index is 0. The van der Waals surface area contributed by atoms with Gasteiger partial charge < -0.3 is 10.6 Å². The Kier molecular flexibility index (Phi) is 9.50. The molecule has 0 aliphatic carbocycles. The van der Waals surface area contributed by atoms with Crippen LogP contribution in [0.5, 0.6) is 0 Å². The normalized spacial score (nSPS) is 13.0. The third kappa shape index (κ3) is 6.65. The van der Waals surface area contributed by atoms with Crippen LogP contribution in [0.25, 0.3) is 0 Å². The minimum Gasteiger partial charge on any atom is -0.352 e. The van der Waals surface area contributed by atoms with Crippen molar-refractivity contribution in [1.82, 2.24) is 14.9 Å². The molecule has 0 saturated heterocycles. The number of halogens is 2. The molecule has 2 aromatic rings. The van der Waals surface area contributed by atoms with E-state index < -0.39 is 10.0 Å². The second-order valence-electron chi connectivity index (χ2n) is 6.73. The average Bonchev–Trinajstić information content (AvgIpc) is 2.67. The van der Waals surface area contributed by atoms with Gasteiger partial charge in [0.15, 0.2) is 5.96 Å². The smallest absolute Gasteiger partial charge is 0.242 e. The van der Waals surface area contributed by atoms with E-state index in [0.717, 1.165) is 11.1 Å². The van der Waals surface area contributed by atoms with Gasteiger partial charge in [-0.15, -0.1) is 24.0 Å². The van der Waals surface area contributed by atoms with Gasteiger partial charge in [-0.3, -0.25) is 4.99 Å². The molecule has 0 amide bonds. The van der Waals surface area contributed by atoms with Gasteiger partial charge in [0, 0.05) is 27.7 Å². The van der Waals surface area contributed by atoms with Crippen molar-refractivity contribution in [2.75, 3.05) is 21.1 Å². The van der Waals surface area contributed by atoms with E-state index in [-0.39, 0.29) is 40.7 Å². The van der Waals surface area contributed by atoms with Crippen molar-refractivity contribution in [2.45, 2.75) is 31.3 Å². The van der Waals surface area contributed by atoms with E-state index in [1.807, 2.05) is 13.0 Å². The quantitative estimate of drug-likeness (QED) is 0.339. The molecule has 0 fully saturated rings. The number of guanidine groups is 1. The molecule has 0 aliphatic heterocycles. The fourth-order valence-electron chi connectivity index (χ4n) is 2.54. The van der Waals surface area contributed by atoms with Crippen LogP contribution in [0.3, 0.4) is 0 Å². The van der Waals surface area contributed by atoms with E-state index >= 15 is 0 Å². The van der Waals surface area contributed by atoms with Crippen molar-refractivity contribution in [3.63, 3.8) is 0 Å². The fourth-order valence-corrected chi connectivity index (χ4v) is 3.44. The molecule has 2 rings (SSSR count). The summed E-state index contributed by atoms with van der Waals surface area (Å²) in [6, 6.07) is 11.7. The third-order valence-electron chi connectivity index (χ3n) is 4.43. The summed E-state index contributed by atoms with van der Waals surface area (Å²) >= 11 is 0. The maximum Gasteiger partial charge on any atom is 0.242 e. The molecule has 0 spiro atoms. The Balaban J connectivity index is 0.00000420. The van der Waals surface area contributed by atoms with E-state index in [0.29, 0.717) is 18.1 Å². The van der Waals surface area contributed by atoms with Gasteiger partial charge in [0.2, 0.25) is 10.0 Å². The van der Waals surface area contributed by atoms with Crippen LogP contribution in [0.15, 0.2) is 52.4 Å². The summed E-state index contributed by atoms with van der Waals surface area (Å²) in [6.45, 7) is 4.13. The van der Waals surface area contributed by atoms with Gasteiger partial charge in [0.25, 0.3) is 0 Å². The highest BCUT2D eigenvalue weighted by Crippen LogP contribution is 2.16. The van der Waals surface area contributed by atoms with Gasteiger partial charge in [-0.2, -0.15) is 0 Å². The summed E-state index contributed by atoms with van der Waals surface area (Å²) in [6.07, 6.45) is 0. The number of nitrogens with zero attached hydrogens (tertiary/aromatic N) is 2. The van der Waals surface area contributed by atoms with Gasteiger partial charge in [0.05, 0.1) is 10.9 Å². The molecule has 2 N–H and O–H groups in total. The predicted octanol–water partition coefficient (Wildman–Crippen LogP) is 3.43. The van der Waals surface area contributed by atoms with Crippen LogP contribution in [-0.2, 0) is 16.6 Å². The molecule has 0 radical (unpaired) electrons. The fraction of sp³-hybridized carbons (Fsp3) is 0.350. The van der Waals surface area contributed by atoms with E-state index in [9.17, 15) is 12.8 Å². The zero-order valence-corrected chi connectivity index (χ0v) is 20.4. The number of hydrogen-bond acceptors (Lipinski definition) is 3. The van der Waals surface area contributed by atoms with E-state index in [4.69, 9.17) is 0 Å². The summed E-state index contributed by atoms with van der Waals surface area (Å²) < 4.78 is 39.2. The SMILES string of the molecule is CN=C(NCc1ccc(S(=O)(=O)N(C)C)cc1)NC(C)c1ccc(C)c(F)c1.I. The molecule has 0 saturated carbocycles. The predicted molar refractivity (Wildman–Crippen MR) is 126 cm³/mol. The van der Waals surface area contributed by atoms with Crippen molar-refractivity contribution in [3.8, 4) is 0 Å². The number of rotatable bonds is 6. The molecule has 1 unspecified atom stereocenters. The number of aliphatic imine (C=N–C) groups is 1. The monoisotopic (exact) mass is 534 g/mol. The highest BCUT2D eigenvalue weighted by Gasteiger charge is 2.16. The second kappa shape index (κ2) is 10.9. The van der Waals surface area contributed by atoms with Gasteiger partial charge in [-0.05, 0) is 48.7 Å². The summed E-state index contributed by atoms with van der Waals surface area (Å²) in [5, 5.41) is 6.40. The topological polar surface area (TPSA) is 73.8 Å². The lowest BCUT2D eigenvalue weighted by atomic mass is 10.1. The van der Waals surface area contributed by atoms with E-state index in [2.05, 4.69) is 15.6 Å². The first-order chi connectivity index (χ1) is 13.1. The molecule has 0 heterocycles. The van der Waals surface area contributed by atoms with E-state index in [1.54, 1.807) is 44.3 Å². The molecule has 0 bridgehead atoms. The van der Waals surface area contributed by atoms with Gasteiger partial charge in [-0.25, -0.2) is 17.1 Å². The van der Waals surface area contributed by atoms with Crippen LogP contribution >= 0.6 is 24.0 Å². The van der Waals surface area contributed by atoms with Crippen LogP contribution < -0.4 is 10.6 Å². The number of benzene rings is 2. The molecule has 6 nitrogen and oxygen atoms in total. The zero-order valence-electron chi connectivity index (χ0n) is 17.2. The average molecular weight is 534 g/mol. The molecule has 1 atom stereocenters. The van der Waals surface area contributed by atoms with Gasteiger partial charge in [0.1, 0.15) is 5.82 Å². The van der Waals surface area contributed by atoms with Crippen LogP contribution in [-0.4, -0.2) is 39.8 Å². The molecular weight excluding hydrogens is 506 g/mol. The Morgan fingerprint density at radius 2 is 1.79 bits per heavy atom. The Bertz CT molecular complexity index is 947. The van der Waals surface area contributed by atoms with Crippen molar-refractivity contribution in [3.05, 3.63) is 65.0 Å². The minimum atomic E-state index is -3.44. The zero-order chi connectivity index (χ0) is 20.9. The Morgan fingerprint density at radius 3 is 2.31 bits per heavy atom. The standard InChI is InChI=1S/C20H27FN4O2S.HI/c1-14-6-9-17(12-19(14)21)15(2)24-20(22-3)23-13-16-7-10-18(11-8-16)28(26,27)25(4)5;/h6-12,15H,13H2,1-5H3,(H2,22,23,24);1H. The van der Waals surface area contributed by atoms with Crippen molar-refractivity contribution < 1.29 is 12.8 Å². The molecular formula is C20H28FIN4O2S. The van der Waals surface area contributed by atoms with Crippen molar-refractivity contribution in [1.29, 1.82) is 0 Å². The molecule has 9 heteroatoms. The number of aryl methyl sites for hydroxylation is 1. The Hall–Kier alpha value is -1.72. The van der Waals surface area contributed by atoms with Crippen LogP contribution in [0, 0.1) is 12.7 Å². The van der Waals surface area contributed by atoms with Crippen molar-refractivity contribution >= 4 is 40.0 Å². The summed E-state index contributed by atoms with van der Waals surface area (Å²) in [5.41, 5.74) is 2.34. The number of nitrogens with one attached hydrogen (secondary N) is 2. The van der Waals surface area contributed by atoms with Crippen LogP contribution in [0.4, 0.5) is 4.39 Å². The number of sulfonamides is 1. The summed E-state index contributed by atoms with van der Waals surface area (Å²) in [7, 11) is 1.22. The van der Waals surface area contributed by atoms with E-state index in [1.165, 1.54) is 24.5 Å². The lowest BCUT2D eigenvalue weighted by Gasteiger charge is -2.19. The molecule has 29 heavy (non-hydrogen) atoms. The highest BCUT2D eigenvalue weighted by atomic mass is 127. The maximum atomic E-state index is 13.8. The number of hydrogen-bond donors (Lipinski definition) is 2. The second-order valence-corrected chi connectivity index (χ2v) is 8.88. The molecule has 2 aromatic carbocycles. The first kappa shape index (κ1) is 25.3. The summed E-state index contributed by atoms with van der Waals surface area (Å²) in [5.74, 6) is 0.334. The largest absolute Gasteiger partial charge is 0.352 e. The van der Waals surface area contributed by atoms with Crippen LogP contribution in [0.1, 0.15) is 29.7 Å². The Morgan fingerprint density at radius 1 is 1.17 bits per heavy atom.